The molecule has 34 heavy (non-hydrogen) atoms. The van der Waals surface area contributed by atoms with Crippen LogP contribution in [0.2, 0.25) is 0 Å². The van der Waals surface area contributed by atoms with Crippen molar-refractivity contribution in [2.75, 3.05) is 18.5 Å². The molecule has 0 aliphatic rings. The summed E-state index contributed by atoms with van der Waals surface area (Å²) in [5.74, 6) is 0.332. The number of anilines is 1. The second-order valence-corrected chi connectivity index (χ2v) is 7.11. The molecule has 0 aliphatic carbocycles. The van der Waals surface area contributed by atoms with E-state index >= 15 is 0 Å². The van der Waals surface area contributed by atoms with Crippen molar-refractivity contribution < 1.29 is 19.2 Å². The van der Waals surface area contributed by atoms with E-state index in [0.29, 0.717) is 29.4 Å². The Morgan fingerprint density at radius 3 is 2.59 bits per heavy atom. The van der Waals surface area contributed by atoms with Gasteiger partial charge in [-0.2, -0.15) is 0 Å². The summed E-state index contributed by atoms with van der Waals surface area (Å²) in [6.45, 7) is 3.78. The first-order valence-corrected chi connectivity index (χ1v) is 10.2. The first-order chi connectivity index (χ1) is 16.3. The van der Waals surface area contributed by atoms with E-state index in [1.807, 2.05) is 30.1 Å². The predicted molar refractivity (Wildman–Crippen MR) is 126 cm³/mol. The smallest absolute Gasteiger partial charge is 0.357 e. The van der Waals surface area contributed by atoms with Gasteiger partial charge in [-0.3, -0.25) is 24.7 Å². The lowest BCUT2D eigenvalue weighted by molar-refractivity contribution is -0.386. The molecule has 176 valence electrons. The molecule has 11 nitrogen and oxygen atoms in total. The molecular formula is C23H22N4O7. The van der Waals surface area contributed by atoms with Crippen LogP contribution in [0.4, 0.5) is 11.4 Å². The van der Waals surface area contributed by atoms with E-state index in [0.717, 1.165) is 5.56 Å². The van der Waals surface area contributed by atoms with Crippen molar-refractivity contribution >= 4 is 29.4 Å². The molecular weight excluding hydrogens is 444 g/mol. The minimum absolute atomic E-state index is 0.246. The summed E-state index contributed by atoms with van der Waals surface area (Å²) in [7, 11) is 0. The number of ether oxygens (including phenoxy) is 2. The number of nitrogens with zero attached hydrogens (tertiary/aromatic N) is 1. The molecule has 3 N–H and O–H groups in total. The Balaban J connectivity index is 1.77. The number of aromatic nitrogens is 2. The summed E-state index contributed by atoms with van der Waals surface area (Å²) in [6.07, 6.45) is 2.71. The van der Waals surface area contributed by atoms with E-state index in [1.54, 1.807) is 31.2 Å². The summed E-state index contributed by atoms with van der Waals surface area (Å²) in [5.41, 5.74) is -0.767. The van der Waals surface area contributed by atoms with Gasteiger partial charge in [-0.1, -0.05) is 24.3 Å². The highest BCUT2D eigenvalue weighted by Crippen LogP contribution is 2.29. The lowest BCUT2D eigenvalue weighted by Gasteiger charge is -2.13. The van der Waals surface area contributed by atoms with E-state index in [9.17, 15) is 24.5 Å². The molecule has 0 spiro atoms. The number of rotatable bonds is 9. The minimum atomic E-state index is -1.10. The van der Waals surface area contributed by atoms with Gasteiger partial charge < -0.3 is 19.8 Å². The number of H-pyrrole nitrogens is 2. The monoisotopic (exact) mass is 466 g/mol. The fourth-order valence-corrected chi connectivity index (χ4v) is 3.06. The van der Waals surface area contributed by atoms with Gasteiger partial charge in [-0.05, 0) is 55.3 Å². The highest BCUT2D eigenvalue weighted by molar-refractivity contribution is 5.92. The first-order valence-electron chi connectivity index (χ1n) is 10.2. The van der Waals surface area contributed by atoms with Crippen LogP contribution >= 0.6 is 0 Å². The quantitative estimate of drug-likeness (QED) is 0.323. The molecule has 0 bridgehead atoms. The molecule has 11 heteroatoms. The molecule has 0 fully saturated rings. The number of amides is 1. The van der Waals surface area contributed by atoms with Crippen molar-refractivity contribution in [1.82, 2.24) is 9.97 Å². The van der Waals surface area contributed by atoms with Crippen LogP contribution in [0.15, 0.2) is 52.1 Å². The summed E-state index contributed by atoms with van der Waals surface area (Å²) < 4.78 is 11.2. The Labute approximate surface area is 193 Å². The zero-order valence-electron chi connectivity index (χ0n) is 18.4. The lowest BCUT2D eigenvalue weighted by Crippen LogP contribution is -2.25. The summed E-state index contributed by atoms with van der Waals surface area (Å²) in [5, 5.41) is 13.9. The second kappa shape index (κ2) is 10.8. The average molecular weight is 466 g/mol. The largest absolute Gasteiger partial charge is 0.490 e. The molecule has 1 amide bonds. The van der Waals surface area contributed by atoms with Crippen molar-refractivity contribution in [1.29, 1.82) is 0 Å². The summed E-state index contributed by atoms with van der Waals surface area (Å²) in [4.78, 5) is 49.8. The van der Waals surface area contributed by atoms with Gasteiger partial charge in [-0.25, -0.2) is 4.79 Å². The van der Waals surface area contributed by atoms with Gasteiger partial charge in [0.05, 0.1) is 11.5 Å². The summed E-state index contributed by atoms with van der Waals surface area (Å²) >= 11 is 0. The topological polar surface area (TPSA) is 156 Å². The zero-order valence-corrected chi connectivity index (χ0v) is 18.4. The van der Waals surface area contributed by atoms with Crippen LogP contribution < -0.4 is 26.0 Å². The Morgan fingerprint density at radius 2 is 1.88 bits per heavy atom. The molecule has 1 heterocycles. The molecule has 0 atom stereocenters. The van der Waals surface area contributed by atoms with Crippen molar-refractivity contribution in [3.05, 3.63) is 90.2 Å². The van der Waals surface area contributed by atoms with Gasteiger partial charge in [0.25, 0.3) is 5.91 Å². The number of carbonyl (C=O) groups is 1. The first kappa shape index (κ1) is 24.0. The molecule has 0 unspecified atom stereocenters. The molecule has 0 radical (unpaired) electrons. The maximum absolute atomic E-state index is 12.2. The molecule has 1 aromatic heterocycles. The van der Waals surface area contributed by atoms with Crippen LogP contribution in [0, 0.1) is 17.0 Å². The minimum Gasteiger partial charge on any atom is -0.490 e. The van der Waals surface area contributed by atoms with Gasteiger partial charge in [0, 0.05) is 5.69 Å². The zero-order chi connectivity index (χ0) is 24.7. The predicted octanol–water partition coefficient (Wildman–Crippen LogP) is 2.87. The van der Waals surface area contributed by atoms with Crippen molar-refractivity contribution in [3.63, 3.8) is 0 Å². The maximum Gasteiger partial charge on any atom is 0.357 e. The number of aromatic amines is 2. The number of hydrogen-bond acceptors (Lipinski definition) is 7. The van der Waals surface area contributed by atoms with Crippen LogP contribution in [0.1, 0.15) is 23.7 Å². The number of benzene rings is 2. The number of hydrogen-bond donors (Lipinski definition) is 3. The number of aryl methyl sites for hydroxylation is 1. The van der Waals surface area contributed by atoms with Crippen LogP contribution in [-0.2, 0) is 4.79 Å². The Hall–Kier alpha value is -4.67. The highest BCUT2D eigenvalue weighted by atomic mass is 16.6. The molecule has 0 aliphatic heterocycles. The Kier molecular flexibility index (Phi) is 7.60. The lowest BCUT2D eigenvalue weighted by atomic mass is 10.1. The van der Waals surface area contributed by atoms with Gasteiger partial charge in [0.15, 0.2) is 18.1 Å². The van der Waals surface area contributed by atoms with Crippen molar-refractivity contribution in [2.45, 2.75) is 13.8 Å². The number of nitrogens with one attached hydrogen (secondary N) is 3. The molecule has 2 aromatic carbocycles. The van der Waals surface area contributed by atoms with E-state index < -0.39 is 21.9 Å². The Bertz CT molecular complexity index is 1360. The Morgan fingerprint density at radius 1 is 1.09 bits per heavy atom. The van der Waals surface area contributed by atoms with E-state index in [4.69, 9.17) is 9.47 Å². The van der Waals surface area contributed by atoms with E-state index in [2.05, 4.69) is 10.3 Å². The van der Waals surface area contributed by atoms with Gasteiger partial charge in [0.1, 0.15) is 5.69 Å². The fourth-order valence-electron chi connectivity index (χ4n) is 3.06. The van der Waals surface area contributed by atoms with Crippen molar-refractivity contribution in [2.24, 2.45) is 0 Å². The van der Waals surface area contributed by atoms with E-state index in [-0.39, 0.29) is 18.2 Å². The highest BCUT2D eigenvalue weighted by Gasteiger charge is 2.19. The standard InChI is InChI=1S/C23H22N4O7/c1-3-33-19-12-15(7-9-17-21(27(31)32)22(29)26-23(30)25-17)8-10-18(19)34-13-20(28)24-16-6-4-5-14(2)11-16/h4-12H,3,13H2,1-2H3,(H,24,28)(H2,25,26,29,30). The molecule has 3 aromatic rings. The number of carbonyl (C=O) groups excluding carboxylic acids is 1. The van der Waals surface area contributed by atoms with Crippen LogP contribution in [0.3, 0.4) is 0 Å². The maximum atomic E-state index is 12.2. The van der Waals surface area contributed by atoms with Gasteiger partial charge in [0.2, 0.25) is 0 Å². The molecule has 0 saturated heterocycles. The molecule has 3 rings (SSSR count). The third kappa shape index (κ3) is 6.19. The van der Waals surface area contributed by atoms with Gasteiger partial charge in [-0.15, -0.1) is 0 Å². The van der Waals surface area contributed by atoms with Crippen LogP contribution in [-0.4, -0.2) is 34.0 Å². The number of nitro groups is 1. The molecule has 0 saturated carbocycles. The average Bonchev–Trinajstić information content (AvgIpc) is 2.76. The second-order valence-electron chi connectivity index (χ2n) is 7.11. The third-order valence-corrected chi connectivity index (χ3v) is 4.50. The van der Waals surface area contributed by atoms with Crippen LogP contribution in [0.5, 0.6) is 11.5 Å². The fraction of sp³-hybridized carbons (Fsp3) is 0.174. The van der Waals surface area contributed by atoms with Crippen molar-refractivity contribution in [3.8, 4) is 11.5 Å². The SMILES string of the molecule is CCOc1cc(C=Cc2[nH]c(=O)[nH]c(=O)c2[N+](=O)[O-])ccc1OCC(=O)Nc1cccc(C)c1. The summed E-state index contributed by atoms with van der Waals surface area (Å²) in [6, 6.07) is 12.2. The van der Waals surface area contributed by atoms with Gasteiger partial charge >= 0.3 is 16.9 Å². The normalized spacial score (nSPS) is 10.8. The third-order valence-electron chi connectivity index (χ3n) is 4.50. The van der Waals surface area contributed by atoms with Crippen LogP contribution in [0.25, 0.3) is 12.2 Å². The van der Waals surface area contributed by atoms with E-state index in [1.165, 1.54) is 12.2 Å².